The molecule has 0 fully saturated rings. The van der Waals surface area contributed by atoms with Gasteiger partial charge in [0.1, 0.15) is 18.1 Å². The van der Waals surface area contributed by atoms with Gasteiger partial charge in [0.2, 0.25) is 35.4 Å². The molecule has 0 spiro atoms. The summed E-state index contributed by atoms with van der Waals surface area (Å²) in [6.45, 7) is 3.29. The molecule has 6 amide bonds. The maximum atomic E-state index is 12.7. The third-order valence-electron chi connectivity index (χ3n) is 4.89. The molecule has 0 aliphatic carbocycles. The zero-order chi connectivity index (χ0) is 26.6. The maximum Gasteiger partial charge on any atom is 0.326 e. The Labute approximate surface area is 195 Å². The monoisotopic (exact) mass is 487 g/mol. The van der Waals surface area contributed by atoms with Crippen molar-refractivity contribution in [3.63, 3.8) is 0 Å². The lowest BCUT2D eigenvalue weighted by Gasteiger charge is -2.25. The Bertz CT molecular complexity index is 804. The normalized spacial score (nSPS) is 15.0. The van der Waals surface area contributed by atoms with Crippen LogP contribution in [-0.2, 0) is 33.6 Å². The van der Waals surface area contributed by atoms with Crippen LogP contribution in [-0.4, -0.2) is 70.7 Å². The van der Waals surface area contributed by atoms with E-state index in [1.54, 1.807) is 13.8 Å². The minimum Gasteiger partial charge on any atom is -0.480 e. The molecule has 0 aromatic carbocycles. The summed E-state index contributed by atoms with van der Waals surface area (Å²) in [7, 11) is 0. The SMILES string of the molecule is CCC(C)C(NC(=O)C(CC(N)=O)NC(=O)C(CC(N)=O)NC(=O)C(N)CCC(N)=O)C(=O)O. The van der Waals surface area contributed by atoms with Crippen LogP contribution in [0.25, 0.3) is 0 Å². The van der Waals surface area contributed by atoms with Gasteiger partial charge >= 0.3 is 5.97 Å². The molecular weight excluding hydrogens is 454 g/mol. The van der Waals surface area contributed by atoms with E-state index in [1.165, 1.54) is 0 Å². The number of carbonyl (C=O) groups is 7. The summed E-state index contributed by atoms with van der Waals surface area (Å²) in [5.41, 5.74) is 20.9. The molecule has 0 aliphatic heterocycles. The molecule has 15 heteroatoms. The van der Waals surface area contributed by atoms with Crippen LogP contribution in [0.5, 0.6) is 0 Å². The lowest BCUT2D eigenvalue weighted by molar-refractivity contribution is -0.144. The number of nitrogens with one attached hydrogen (secondary N) is 3. The van der Waals surface area contributed by atoms with Crippen molar-refractivity contribution in [3.05, 3.63) is 0 Å². The van der Waals surface area contributed by atoms with Gasteiger partial charge in [-0.05, 0) is 12.3 Å². The van der Waals surface area contributed by atoms with Crippen molar-refractivity contribution in [1.82, 2.24) is 16.0 Å². The Kier molecular flexibility index (Phi) is 12.8. The Morgan fingerprint density at radius 1 is 0.765 bits per heavy atom. The van der Waals surface area contributed by atoms with E-state index in [0.717, 1.165) is 0 Å². The van der Waals surface area contributed by atoms with E-state index < -0.39 is 84.3 Å². The number of carbonyl (C=O) groups excluding carboxylic acids is 6. The van der Waals surface area contributed by atoms with Gasteiger partial charge in [0.15, 0.2) is 0 Å². The van der Waals surface area contributed by atoms with Gasteiger partial charge < -0.3 is 44.0 Å². The van der Waals surface area contributed by atoms with Crippen LogP contribution in [0.15, 0.2) is 0 Å². The van der Waals surface area contributed by atoms with Crippen molar-refractivity contribution in [1.29, 1.82) is 0 Å². The summed E-state index contributed by atoms with van der Waals surface area (Å²) < 4.78 is 0. The first-order valence-corrected chi connectivity index (χ1v) is 10.4. The van der Waals surface area contributed by atoms with Crippen molar-refractivity contribution in [2.45, 2.75) is 70.1 Å². The van der Waals surface area contributed by atoms with E-state index >= 15 is 0 Å². The van der Waals surface area contributed by atoms with Crippen molar-refractivity contribution >= 4 is 41.4 Å². The average Bonchev–Trinajstić information content (AvgIpc) is 2.72. The number of rotatable bonds is 16. The van der Waals surface area contributed by atoms with Gasteiger partial charge in [-0.15, -0.1) is 0 Å². The minimum absolute atomic E-state index is 0.134. The standard InChI is InChI=1S/C19H33N7O8/c1-3-8(2)15(19(33)34)26-18(32)11(7-14(23)29)25-17(31)10(6-13(22)28)24-16(30)9(20)4-5-12(21)27/h8-11,15H,3-7,20H2,1-2H3,(H2,21,27)(H2,22,28)(H2,23,29)(H,24,30)(H,25,31)(H,26,32)(H,33,34). The molecule has 0 saturated carbocycles. The number of primary amides is 3. The molecule has 5 unspecified atom stereocenters. The van der Waals surface area contributed by atoms with E-state index in [-0.39, 0.29) is 12.8 Å². The summed E-state index contributed by atoms with van der Waals surface area (Å²) in [4.78, 5) is 82.7. The first kappa shape index (κ1) is 30.2. The van der Waals surface area contributed by atoms with Gasteiger partial charge in [0, 0.05) is 6.42 Å². The highest BCUT2D eigenvalue weighted by atomic mass is 16.4. The quantitative estimate of drug-likeness (QED) is 0.105. The number of nitrogens with two attached hydrogens (primary N) is 4. The molecule has 0 saturated heterocycles. The third kappa shape index (κ3) is 11.2. The van der Waals surface area contributed by atoms with E-state index in [2.05, 4.69) is 16.0 Å². The Morgan fingerprint density at radius 3 is 1.59 bits per heavy atom. The Morgan fingerprint density at radius 2 is 1.21 bits per heavy atom. The van der Waals surface area contributed by atoms with E-state index in [1.807, 2.05) is 0 Å². The highest BCUT2D eigenvalue weighted by molar-refractivity contribution is 5.97. The molecule has 34 heavy (non-hydrogen) atoms. The second-order valence-corrected chi connectivity index (χ2v) is 7.78. The lowest BCUT2D eigenvalue weighted by Crippen LogP contribution is -2.58. The number of hydrogen-bond acceptors (Lipinski definition) is 8. The smallest absolute Gasteiger partial charge is 0.326 e. The predicted molar refractivity (Wildman–Crippen MR) is 117 cm³/mol. The van der Waals surface area contributed by atoms with Gasteiger partial charge in [0.25, 0.3) is 0 Å². The molecule has 0 aliphatic rings. The second kappa shape index (κ2) is 14.4. The van der Waals surface area contributed by atoms with Crippen molar-refractivity contribution in [3.8, 4) is 0 Å². The average molecular weight is 488 g/mol. The Hall–Kier alpha value is -3.75. The van der Waals surface area contributed by atoms with Crippen molar-refractivity contribution in [2.75, 3.05) is 0 Å². The first-order chi connectivity index (χ1) is 15.7. The van der Waals surface area contributed by atoms with Crippen LogP contribution in [0, 0.1) is 5.92 Å². The van der Waals surface area contributed by atoms with Crippen molar-refractivity contribution in [2.24, 2.45) is 28.9 Å². The van der Waals surface area contributed by atoms with Gasteiger partial charge in [-0.3, -0.25) is 28.8 Å². The zero-order valence-corrected chi connectivity index (χ0v) is 19.0. The van der Waals surface area contributed by atoms with Gasteiger partial charge in [-0.25, -0.2) is 4.79 Å². The maximum absolute atomic E-state index is 12.7. The molecule has 5 atom stereocenters. The van der Waals surface area contributed by atoms with E-state index in [9.17, 15) is 38.7 Å². The number of carboxylic acids is 1. The molecule has 12 N–H and O–H groups in total. The summed E-state index contributed by atoms with van der Waals surface area (Å²) >= 11 is 0. The third-order valence-corrected chi connectivity index (χ3v) is 4.89. The van der Waals surface area contributed by atoms with Crippen LogP contribution >= 0.6 is 0 Å². The highest BCUT2D eigenvalue weighted by Crippen LogP contribution is 2.09. The Balaban J connectivity index is 5.56. The molecule has 0 bridgehead atoms. The van der Waals surface area contributed by atoms with Crippen molar-refractivity contribution < 1.29 is 38.7 Å². The molecule has 0 radical (unpaired) electrons. The molecule has 15 nitrogen and oxygen atoms in total. The summed E-state index contributed by atoms with van der Waals surface area (Å²) in [6, 6.07) is -5.74. The molecular formula is C19H33N7O8. The number of amides is 6. The number of carboxylic acid groups (broad SMARTS) is 1. The predicted octanol–water partition coefficient (Wildman–Crippen LogP) is -4.08. The summed E-state index contributed by atoms with van der Waals surface area (Å²) in [5.74, 6) is -7.46. The molecule has 0 rings (SSSR count). The fourth-order valence-corrected chi connectivity index (χ4v) is 2.74. The fourth-order valence-electron chi connectivity index (χ4n) is 2.74. The largest absolute Gasteiger partial charge is 0.480 e. The van der Waals surface area contributed by atoms with E-state index in [0.29, 0.717) is 6.42 Å². The van der Waals surface area contributed by atoms with Gasteiger partial charge in [-0.1, -0.05) is 20.3 Å². The fraction of sp³-hybridized carbons (Fsp3) is 0.632. The van der Waals surface area contributed by atoms with Gasteiger partial charge in [0.05, 0.1) is 18.9 Å². The zero-order valence-electron chi connectivity index (χ0n) is 19.0. The van der Waals surface area contributed by atoms with Gasteiger partial charge in [-0.2, -0.15) is 0 Å². The molecule has 0 aromatic rings. The minimum atomic E-state index is -1.60. The molecule has 0 heterocycles. The van der Waals surface area contributed by atoms with Crippen LogP contribution in [0.1, 0.15) is 46.0 Å². The summed E-state index contributed by atoms with van der Waals surface area (Å²) in [6.07, 6.45) is -1.31. The summed E-state index contributed by atoms with van der Waals surface area (Å²) in [5, 5.41) is 15.9. The van der Waals surface area contributed by atoms with Crippen LogP contribution in [0.3, 0.4) is 0 Å². The second-order valence-electron chi connectivity index (χ2n) is 7.78. The molecule has 0 aromatic heterocycles. The van der Waals surface area contributed by atoms with Crippen LogP contribution in [0.4, 0.5) is 0 Å². The molecule has 192 valence electrons. The number of hydrogen-bond donors (Lipinski definition) is 8. The van der Waals surface area contributed by atoms with Crippen LogP contribution in [0.2, 0.25) is 0 Å². The topological polar surface area (TPSA) is 280 Å². The number of aliphatic carboxylic acids is 1. The van der Waals surface area contributed by atoms with Crippen LogP contribution < -0.4 is 38.9 Å². The first-order valence-electron chi connectivity index (χ1n) is 10.4. The van der Waals surface area contributed by atoms with E-state index in [4.69, 9.17) is 22.9 Å². The highest BCUT2D eigenvalue weighted by Gasteiger charge is 2.33. The lowest BCUT2D eigenvalue weighted by atomic mass is 9.98.